The van der Waals surface area contributed by atoms with Gasteiger partial charge in [0.1, 0.15) is 11.6 Å². The molecule has 4 nitrogen and oxygen atoms in total. The number of imidazole rings is 1. The van der Waals surface area contributed by atoms with Gasteiger partial charge in [0, 0.05) is 38.3 Å². The summed E-state index contributed by atoms with van der Waals surface area (Å²) in [6.45, 7) is 3.51. The summed E-state index contributed by atoms with van der Waals surface area (Å²) >= 11 is 0. The number of hydrogen-bond acceptors (Lipinski definition) is 2. The third-order valence-electron chi connectivity index (χ3n) is 4.76. The number of aromatic nitrogens is 2. The Labute approximate surface area is 142 Å². The normalized spacial score (nSPS) is 17.9. The van der Waals surface area contributed by atoms with E-state index in [-0.39, 0.29) is 17.8 Å². The average molecular weight is 329 g/mol. The van der Waals surface area contributed by atoms with Crippen LogP contribution in [0.3, 0.4) is 0 Å². The molecule has 1 fully saturated rings. The lowest BCUT2D eigenvalue weighted by atomic mass is 9.95. The van der Waals surface area contributed by atoms with Crippen LogP contribution in [0, 0.1) is 5.82 Å². The molecule has 3 rings (SSSR count). The van der Waals surface area contributed by atoms with E-state index in [4.69, 9.17) is 0 Å². The van der Waals surface area contributed by atoms with Gasteiger partial charge >= 0.3 is 0 Å². The molecule has 1 amide bonds. The molecule has 5 heteroatoms. The van der Waals surface area contributed by atoms with Gasteiger partial charge in [-0.25, -0.2) is 9.37 Å². The summed E-state index contributed by atoms with van der Waals surface area (Å²) in [6.07, 6.45) is 8.14. The van der Waals surface area contributed by atoms with Crippen LogP contribution in [0.5, 0.6) is 0 Å². The smallest absolute Gasteiger partial charge is 0.224 e. The Kier molecular flexibility index (Phi) is 5.28. The van der Waals surface area contributed by atoms with Crippen molar-refractivity contribution in [3.05, 3.63) is 53.9 Å². The maximum atomic E-state index is 13.2. The number of hydrogen-bond donors (Lipinski definition) is 0. The molecule has 1 aliphatic heterocycles. The Hall–Kier alpha value is -2.17. The first-order valence-corrected chi connectivity index (χ1v) is 8.74. The first-order chi connectivity index (χ1) is 11.7. The number of rotatable bonds is 5. The van der Waals surface area contributed by atoms with Gasteiger partial charge < -0.3 is 9.47 Å². The molecule has 0 aliphatic carbocycles. The molecule has 2 aromatic rings. The van der Waals surface area contributed by atoms with Gasteiger partial charge in [-0.15, -0.1) is 0 Å². The quantitative estimate of drug-likeness (QED) is 0.838. The molecule has 0 bridgehead atoms. The largest absolute Gasteiger partial charge is 0.336 e. The van der Waals surface area contributed by atoms with E-state index in [1.807, 2.05) is 11.1 Å². The molecule has 1 aromatic heterocycles. The van der Waals surface area contributed by atoms with Crippen molar-refractivity contribution in [2.75, 3.05) is 6.54 Å². The van der Waals surface area contributed by atoms with E-state index in [9.17, 15) is 9.18 Å². The number of nitrogens with zero attached hydrogens (tertiary/aromatic N) is 3. The van der Waals surface area contributed by atoms with Crippen LogP contribution in [0.2, 0.25) is 0 Å². The molecule has 2 heterocycles. The lowest BCUT2D eigenvalue weighted by Crippen LogP contribution is -2.38. The van der Waals surface area contributed by atoms with Crippen LogP contribution in [0.25, 0.3) is 0 Å². The van der Waals surface area contributed by atoms with Crippen molar-refractivity contribution in [1.29, 1.82) is 0 Å². The molecule has 0 N–H and O–H groups in total. The molecule has 0 spiro atoms. The van der Waals surface area contributed by atoms with E-state index in [1.165, 1.54) is 12.1 Å². The summed E-state index contributed by atoms with van der Waals surface area (Å²) in [6, 6.07) is 6.63. The number of likely N-dealkylation sites (tertiary alicyclic amines) is 1. The SMILES string of the molecule is CCc1nccn1CCC(=O)N1CCCC[C@@H]1c1ccc(F)cc1. The highest BCUT2D eigenvalue weighted by Gasteiger charge is 2.27. The standard InChI is InChI=1S/C19H24FN3O/c1-2-18-21-11-14-22(18)13-10-19(24)23-12-4-3-5-17(23)15-6-8-16(20)9-7-15/h6-9,11,14,17H,2-5,10,12-13H2,1H3/t17-/m1/s1. The van der Waals surface area contributed by atoms with Crippen molar-refractivity contribution in [3.63, 3.8) is 0 Å². The fraction of sp³-hybridized carbons (Fsp3) is 0.474. The van der Waals surface area contributed by atoms with Crippen LogP contribution >= 0.6 is 0 Å². The van der Waals surface area contributed by atoms with Crippen LogP contribution in [0.1, 0.15) is 50.0 Å². The van der Waals surface area contributed by atoms with Crippen LogP contribution in [0.15, 0.2) is 36.7 Å². The lowest BCUT2D eigenvalue weighted by molar-refractivity contribution is -0.135. The maximum absolute atomic E-state index is 13.2. The van der Waals surface area contributed by atoms with E-state index in [0.29, 0.717) is 13.0 Å². The molecular formula is C19H24FN3O. The summed E-state index contributed by atoms with van der Waals surface area (Å²) in [5.41, 5.74) is 1.03. The minimum absolute atomic E-state index is 0.0697. The second kappa shape index (κ2) is 7.60. The highest BCUT2D eigenvalue weighted by Crippen LogP contribution is 2.31. The zero-order valence-corrected chi connectivity index (χ0v) is 14.1. The summed E-state index contributed by atoms with van der Waals surface area (Å²) in [5, 5.41) is 0. The Morgan fingerprint density at radius 3 is 2.83 bits per heavy atom. The number of amides is 1. The van der Waals surface area contributed by atoms with E-state index >= 15 is 0 Å². The number of benzene rings is 1. The predicted octanol–water partition coefficient (Wildman–Crippen LogP) is 3.73. The maximum Gasteiger partial charge on any atom is 0.224 e. The van der Waals surface area contributed by atoms with Gasteiger partial charge in [0.05, 0.1) is 6.04 Å². The topological polar surface area (TPSA) is 38.1 Å². The van der Waals surface area contributed by atoms with Crippen molar-refractivity contribution in [3.8, 4) is 0 Å². The van der Waals surface area contributed by atoms with E-state index in [0.717, 1.165) is 43.6 Å². The van der Waals surface area contributed by atoms with Gasteiger partial charge in [-0.3, -0.25) is 4.79 Å². The van der Waals surface area contributed by atoms with Gasteiger partial charge in [0.2, 0.25) is 5.91 Å². The van der Waals surface area contributed by atoms with Gasteiger partial charge in [-0.2, -0.15) is 0 Å². The Balaban J connectivity index is 1.68. The monoisotopic (exact) mass is 329 g/mol. The summed E-state index contributed by atoms with van der Waals surface area (Å²) in [5.74, 6) is 0.941. The number of piperidine rings is 1. The first kappa shape index (κ1) is 16.7. The number of carbonyl (C=O) groups excluding carboxylic acids is 1. The molecule has 24 heavy (non-hydrogen) atoms. The van der Waals surface area contributed by atoms with Gasteiger partial charge in [-0.05, 0) is 37.0 Å². The number of carbonyl (C=O) groups is 1. The van der Waals surface area contributed by atoms with Crippen molar-refractivity contribution >= 4 is 5.91 Å². The van der Waals surface area contributed by atoms with Crippen LogP contribution in [0.4, 0.5) is 4.39 Å². The molecule has 0 radical (unpaired) electrons. The molecule has 128 valence electrons. The molecule has 1 saturated heterocycles. The lowest BCUT2D eigenvalue weighted by Gasteiger charge is -2.36. The molecule has 1 atom stereocenters. The van der Waals surface area contributed by atoms with Crippen LogP contribution in [-0.4, -0.2) is 26.9 Å². The third-order valence-corrected chi connectivity index (χ3v) is 4.76. The predicted molar refractivity (Wildman–Crippen MR) is 90.9 cm³/mol. The minimum Gasteiger partial charge on any atom is -0.336 e. The zero-order chi connectivity index (χ0) is 16.9. The van der Waals surface area contributed by atoms with Gasteiger partial charge in [-0.1, -0.05) is 19.1 Å². The van der Waals surface area contributed by atoms with E-state index < -0.39 is 0 Å². The van der Waals surface area contributed by atoms with Crippen molar-refractivity contribution in [2.24, 2.45) is 0 Å². The van der Waals surface area contributed by atoms with Crippen molar-refractivity contribution in [1.82, 2.24) is 14.5 Å². The van der Waals surface area contributed by atoms with Crippen molar-refractivity contribution < 1.29 is 9.18 Å². The van der Waals surface area contributed by atoms with Gasteiger partial charge in [0.15, 0.2) is 0 Å². The summed E-state index contributed by atoms with van der Waals surface area (Å²) in [4.78, 5) is 19.0. The molecule has 0 saturated carbocycles. The fourth-order valence-electron chi connectivity index (χ4n) is 3.48. The fourth-order valence-corrected chi connectivity index (χ4v) is 3.48. The van der Waals surface area contributed by atoms with Crippen LogP contribution in [-0.2, 0) is 17.8 Å². The highest BCUT2D eigenvalue weighted by molar-refractivity contribution is 5.76. The third kappa shape index (κ3) is 3.66. The number of halogens is 1. The van der Waals surface area contributed by atoms with E-state index in [1.54, 1.807) is 18.3 Å². The second-order valence-electron chi connectivity index (χ2n) is 6.29. The Morgan fingerprint density at radius 1 is 1.29 bits per heavy atom. The number of aryl methyl sites for hydroxylation is 2. The summed E-state index contributed by atoms with van der Waals surface area (Å²) < 4.78 is 15.2. The Morgan fingerprint density at radius 2 is 2.08 bits per heavy atom. The average Bonchev–Trinajstić information content (AvgIpc) is 3.08. The molecule has 1 aliphatic rings. The minimum atomic E-state index is -0.236. The molecule has 1 aromatic carbocycles. The van der Waals surface area contributed by atoms with Crippen molar-refractivity contribution in [2.45, 2.75) is 51.6 Å². The summed E-state index contributed by atoms with van der Waals surface area (Å²) in [7, 11) is 0. The zero-order valence-electron chi connectivity index (χ0n) is 14.1. The first-order valence-electron chi connectivity index (χ1n) is 8.74. The second-order valence-corrected chi connectivity index (χ2v) is 6.29. The van der Waals surface area contributed by atoms with E-state index in [2.05, 4.69) is 16.5 Å². The van der Waals surface area contributed by atoms with Gasteiger partial charge in [0.25, 0.3) is 0 Å². The van der Waals surface area contributed by atoms with Crippen LogP contribution < -0.4 is 0 Å². The Bertz CT molecular complexity index is 680. The highest BCUT2D eigenvalue weighted by atomic mass is 19.1. The molecular weight excluding hydrogens is 305 g/mol. The molecule has 0 unspecified atom stereocenters.